The van der Waals surface area contributed by atoms with E-state index < -0.39 is 5.97 Å². The molecule has 6 nitrogen and oxygen atoms in total. The van der Waals surface area contributed by atoms with Crippen LogP contribution >= 0.6 is 0 Å². The SMILES string of the molecule is Cc1cc(Nc2cccc(C(=O)O)c2)nc(N2CCCC(C)C2)n1. The molecular formula is C18H22N4O2. The highest BCUT2D eigenvalue weighted by Crippen LogP contribution is 2.23. The molecule has 1 saturated heterocycles. The number of nitrogens with one attached hydrogen (secondary N) is 1. The van der Waals surface area contributed by atoms with Crippen LogP contribution in [0.1, 0.15) is 35.8 Å². The van der Waals surface area contributed by atoms with E-state index in [-0.39, 0.29) is 5.56 Å². The van der Waals surface area contributed by atoms with E-state index in [2.05, 4.69) is 27.1 Å². The second kappa shape index (κ2) is 6.86. The third-order valence-electron chi connectivity index (χ3n) is 4.16. The molecule has 2 N–H and O–H groups in total. The highest BCUT2D eigenvalue weighted by Gasteiger charge is 2.19. The zero-order valence-electron chi connectivity index (χ0n) is 14.0. The van der Waals surface area contributed by atoms with Crippen LogP contribution in [0.15, 0.2) is 30.3 Å². The summed E-state index contributed by atoms with van der Waals surface area (Å²) in [6, 6.07) is 8.58. The molecule has 1 aromatic heterocycles. The van der Waals surface area contributed by atoms with Crippen LogP contribution in [-0.2, 0) is 0 Å². The summed E-state index contributed by atoms with van der Waals surface area (Å²) in [7, 11) is 0. The van der Waals surface area contributed by atoms with Gasteiger partial charge in [0, 0.05) is 30.5 Å². The summed E-state index contributed by atoms with van der Waals surface area (Å²) < 4.78 is 0. The summed E-state index contributed by atoms with van der Waals surface area (Å²) in [5, 5.41) is 12.3. The Labute approximate surface area is 141 Å². The van der Waals surface area contributed by atoms with Crippen molar-refractivity contribution in [1.29, 1.82) is 0 Å². The van der Waals surface area contributed by atoms with Crippen molar-refractivity contribution in [1.82, 2.24) is 9.97 Å². The molecule has 1 aliphatic heterocycles. The number of aromatic carboxylic acids is 1. The number of anilines is 3. The van der Waals surface area contributed by atoms with E-state index in [1.165, 1.54) is 6.42 Å². The quantitative estimate of drug-likeness (QED) is 0.896. The predicted molar refractivity (Wildman–Crippen MR) is 94.1 cm³/mol. The molecule has 1 aliphatic rings. The maximum Gasteiger partial charge on any atom is 0.335 e. The predicted octanol–water partition coefficient (Wildman–Crippen LogP) is 3.46. The number of aryl methyl sites for hydroxylation is 1. The fourth-order valence-electron chi connectivity index (χ4n) is 3.01. The first kappa shape index (κ1) is 16.2. The van der Waals surface area contributed by atoms with Crippen LogP contribution in [0.4, 0.5) is 17.5 Å². The van der Waals surface area contributed by atoms with Gasteiger partial charge in [0.25, 0.3) is 0 Å². The normalized spacial score (nSPS) is 17.6. The molecule has 126 valence electrons. The van der Waals surface area contributed by atoms with Crippen LogP contribution in [0.3, 0.4) is 0 Å². The van der Waals surface area contributed by atoms with Gasteiger partial charge in [-0.2, -0.15) is 4.98 Å². The van der Waals surface area contributed by atoms with Gasteiger partial charge >= 0.3 is 5.97 Å². The van der Waals surface area contributed by atoms with Crippen molar-refractivity contribution >= 4 is 23.4 Å². The number of carboxylic acid groups (broad SMARTS) is 1. The van der Waals surface area contributed by atoms with Crippen LogP contribution in [0.25, 0.3) is 0 Å². The molecule has 1 aromatic carbocycles. The van der Waals surface area contributed by atoms with Gasteiger partial charge in [0.2, 0.25) is 5.95 Å². The van der Waals surface area contributed by atoms with E-state index in [1.807, 2.05) is 19.1 Å². The number of carbonyl (C=O) groups is 1. The van der Waals surface area contributed by atoms with Gasteiger partial charge in [0.1, 0.15) is 5.82 Å². The Kier molecular flexibility index (Phi) is 4.64. The lowest BCUT2D eigenvalue weighted by molar-refractivity contribution is 0.0697. The van der Waals surface area contributed by atoms with Crippen molar-refractivity contribution in [3.63, 3.8) is 0 Å². The van der Waals surface area contributed by atoms with Gasteiger partial charge in [0.15, 0.2) is 0 Å². The van der Waals surface area contributed by atoms with E-state index in [0.717, 1.165) is 31.2 Å². The fraction of sp³-hybridized carbons (Fsp3) is 0.389. The zero-order valence-corrected chi connectivity index (χ0v) is 14.0. The minimum absolute atomic E-state index is 0.246. The van der Waals surface area contributed by atoms with E-state index in [4.69, 9.17) is 5.11 Å². The summed E-state index contributed by atoms with van der Waals surface area (Å²) in [6.45, 7) is 6.13. The van der Waals surface area contributed by atoms with Gasteiger partial charge in [-0.25, -0.2) is 9.78 Å². The molecule has 2 heterocycles. The summed E-state index contributed by atoms with van der Waals surface area (Å²) in [6.07, 6.45) is 2.40. The Morgan fingerprint density at radius 2 is 2.17 bits per heavy atom. The molecule has 1 unspecified atom stereocenters. The Morgan fingerprint density at radius 1 is 1.33 bits per heavy atom. The molecule has 1 fully saturated rings. The molecule has 0 aliphatic carbocycles. The Bertz CT molecular complexity index is 748. The summed E-state index contributed by atoms with van der Waals surface area (Å²) in [4.78, 5) is 22.5. The average molecular weight is 326 g/mol. The van der Waals surface area contributed by atoms with Crippen LogP contribution in [0.5, 0.6) is 0 Å². The van der Waals surface area contributed by atoms with Gasteiger partial charge in [-0.15, -0.1) is 0 Å². The Morgan fingerprint density at radius 3 is 2.92 bits per heavy atom. The lowest BCUT2D eigenvalue weighted by atomic mass is 10.0. The van der Waals surface area contributed by atoms with E-state index in [1.54, 1.807) is 18.2 Å². The van der Waals surface area contributed by atoms with Crippen molar-refractivity contribution in [2.24, 2.45) is 5.92 Å². The third-order valence-corrected chi connectivity index (χ3v) is 4.16. The molecule has 2 aromatic rings. The van der Waals surface area contributed by atoms with Gasteiger partial charge < -0.3 is 15.3 Å². The maximum atomic E-state index is 11.1. The summed E-state index contributed by atoms with van der Waals surface area (Å²) in [5.41, 5.74) is 1.83. The van der Waals surface area contributed by atoms with E-state index >= 15 is 0 Å². The van der Waals surface area contributed by atoms with Crippen LogP contribution in [0.2, 0.25) is 0 Å². The van der Waals surface area contributed by atoms with Crippen LogP contribution < -0.4 is 10.2 Å². The Hall–Kier alpha value is -2.63. The van der Waals surface area contributed by atoms with Crippen molar-refractivity contribution in [3.8, 4) is 0 Å². The van der Waals surface area contributed by atoms with E-state index in [9.17, 15) is 4.79 Å². The first-order valence-electron chi connectivity index (χ1n) is 8.22. The second-order valence-corrected chi connectivity index (χ2v) is 6.40. The average Bonchev–Trinajstić information content (AvgIpc) is 2.54. The number of rotatable bonds is 4. The minimum Gasteiger partial charge on any atom is -0.478 e. The summed E-state index contributed by atoms with van der Waals surface area (Å²) in [5.74, 6) is 1.11. The first-order valence-corrected chi connectivity index (χ1v) is 8.22. The minimum atomic E-state index is -0.944. The smallest absolute Gasteiger partial charge is 0.335 e. The second-order valence-electron chi connectivity index (χ2n) is 6.40. The van der Waals surface area contributed by atoms with Gasteiger partial charge in [-0.3, -0.25) is 0 Å². The number of carboxylic acids is 1. The molecule has 0 bridgehead atoms. The lowest BCUT2D eigenvalue weighted by Gasteiger charge is -2.31. The van der Waals surface area contributed by atoms with Gasteiger partial charge in [0.05, 0.1) is 5.56 Å². The third kappa shape index (κ3) is 3.82. The number of hydrogen-bond donors (Lipinski definition) is 2. The van der Waals surface area contributed by atoms with Crippen molar-refractivity contribution in [2.45, 2.75) is 26.7 Å². The standard InChI is InChI=1S/C18H22N4O2/c1-12-5-4-8-22(11-12)18-19-13(2)9-16(21-18)20-15-7-3-6-14(10-15)17(23)24/h3,6-7,9-10,12H,4-5,8,11H2,1-2H3,(H,23,24)(H,19,20,21). The van der Waals surface area contributed by atoms with Crippen LogP contribution in [0, 0.1) is 12.8 Å². The highest BCUT2D eigenvalue weighted by atomic mass is 16.4. The van der Waals surface area contributed by atoms with Crippen molar-refractivity contribution in [3.05, 3.63) is 41.6 Å². The summed E-state index contributed by atoms with van der Waals surface area (Å²) >= 11 is 0. The van der Waals surface area contributed by atoms with Crippen LogP contribution in [-0.4, -0.2) is 34.1 Å². The Balaban J connectivity index is 1.83. The number of benzene rings is 1. The number of hydrogen-bond acceptors (Lipinski definition) is 5. The van der Waals surface area contributed by atoms with E-state index in [0.29, 0.717) is 17.4 Å². The first-order chi connectivity index (χ1) is 11.5. The molecule has 3 rings (SSSR count). The molecule has 24 heavy (non-hydrogen) atoms. The van der Waals surface area contributed by atoms with Crippen molar-refractivity contribution in [2.75, 3.05) is 23.3 Å². The van der Waals surface area contributed by atoms with Gasteiger partial charge in [-0.1, -0.05) is 13.0 Å². The van der Waals surface area contributed by atoms with Crippen molar-refractivity contribution < 1.29 is 9.90 Å². The number of nitrogens with zero attached hydrogens (tertiary/aromatic N) is 3. The topological polar surface area (TPSA) is 78.3 Å². The zero-order chi connectivity index (χ0) is 17.1. The largest absolute Gasteiger partial charge is 0.478 e. The van der Waals surface area contributed by atoms with Gasteiger partial charge in [-0.05, 0) is 43.9 Å². The monoisotopic (exact) mass is 326 g/mol. The molecule has 1 atom stereocenters. The number of piperidine rings is 1. The molecule has 0 spiro atoms. The molecule has 0 amide bonds. The number of aromatic nitrogens is 2. The molecule has 6 heteroatoms. The molecule has 0 radical (unpaired) electrons. The fourth-order valence-corrected chi connectivity index (χ4v) is 3.01. The highest BCUT2D eigenvalue weighted by molar-refractivity contribution is 5.89. The lowest BCUT2D eigenvalue weighted by Crippen LogP contribution is -2.35. The molecule has 0 saturated carbocycles. The molecular weight excluding hydrogens is 304 g/mol. The maximum absolute atomic E-state index is 11.1.